The molecule has 2 aromatic rings. The molecule has 0 spiro atoms. The third-order valence-corrected chi connectivity index (χ3v) is 4.80. The number of hydrogen-bond donors (Lipinski definition) is 1. The highest BCUT2D eigenvalue weighted by molar-refractivity contribution is 7.89. The molecule has 1 N–H and O–H groups in total. The molecule has 0 saturated carbocycles. The maximum Gasteiger partial charge on any atom is 0.240 e. The van der Waals surface area contributed by atoms with Gasteiger partial charge < -0.3 is 4.74 Å². The van der Waals surface area contributed by atoms with Crippen molar-refractivity contribution in [3.05, 3.63) is 59.7 Å². The number of rotatable bonds is 7. The Morgan fingerprint density at radius 1 is 1.00 bits per heavy atom. The minimum absolute atomic E-state index is 0.228. The summed E-state index contributed by atoms with van der Waals surface area (Å²) in [4.78, 5) is 0.278. The van der Waals surface area contributed by atoms with Crippen molar-refractivity contribution >= 4 is 10.0 Å². The minimum atomic E-state index is -3.48. The van der Waals surface area contributed by atoms with Gasteiger partial charge in [-0.1, -0.05) is 36.8 Å². The van der Waals surface area contributed by atoms with Gasteiger partial charge in [0.1, 0.15) is 12.4 Å². The molecule has 2 rings (SSSR count). The van der Waals surface area contributed by atoms with Gasteiger partial charge in [-0.3, -0.25) is 0 Å². The second kappa shape index (κ2) is 7.42. The predicted octanol–water partition coefficient (Wildman–Crippen LogP) is 2.91. The number of benzene rings is 2. The normalized spacial score (nSPS) is 11.4. The summed E-state index contributed by atoms with van der Waals surface area (Å²) in [6.07, 6.45) is 0.887. The lowest BCUT2D eigenvalue weighted by atomic mass is 10.2. The molecule has 0 unspecified atom stereocenters. The minimum Gasteiger partial charge on any atom is -0.492 e. The van der Waals surface area contributed by atoms with Crippen LogP contribution in [0.1, 0.15) is 18.1 Å². The van der Waals surface area contributed by atoms with Crippen LogP contribution in [0.15, 0.2) is 53.4 Å². The molecule has 0 saturated heterocycles. The van der Waals surface area contributed by atoms with E-state index in [4.69, 9.17) is 4.74 Å². The Labute approximate surface area is 132 Å². The van der Waals surface area contributed by atoms with Gasteiger partial charge in [0.15, 0.2) is 0 Å². The van der Waals surface area contributed by atoms with E-state index in [2.05, 4.69) is 4.72 Å². The highest BCUT2D eigenvalue weighted by Crippen LogP contribution is 2.12. The molecule has 0 aliphatic carbocycles. The topological polar surface area (TPSA) is 55.4 Å². The summed E-state index contributed by atoms with van der Waals surface area (Å²) in [5.41, 5.74) is 2.27. The van der Waals surface area contributed by atoms with Crippen LogP contribution in [0.3, 0.4) is 0 Å². The molecule has 0 aliphatic heterocycles. The SMILES string of the molecule is CCc1ccc(S(=O)(=O)NCCOc2ccc(C)cc2)cc1. The Balaban J connectivity index is 1.85. The number of hydrogen-bond acceptors (Lipinski definition) is 3. The van der Waals surface area contributed by atoms with Crippen molar-refractivity contribution in [2.75, 3.05) is 13.2 Å². The summed E-state index contributed by atoms with van der Waals surface area (Å²) in [5.74, 6) is 0.733. The molecule has 0 amide bonds. The van der Waals surface area contributed by atoms with Crippen molar-refractivity contribution in [3.8, 4) is 5.75 Å². The second-order valence-electron chi connectivity index (χ2n) is 5.06. The molecule has 0 atom stereocenters. The van der Waals surface area contributed by atoms with Crippen molar-refractivity contribution in [1.82, 2.24) is 4.72 Å². The van der Waals surface area contributed by atoms with Gasteiger partial charge in [-0.2, -0.15) is 0 Å². The number of nitrogens with one attached hydrogen (secondary N) is 1. The maximum atomic E-state index is 12.1. The molecule has 2 aromatic carbocycles. The maximum absolute atomic E-state index is 12.1. The number of aryl methyl sites for hydroxylation is 2. The summed E-state index contributed by atoms with van der Waals surface area (Å²) < 4.78 is 32.3. The van der Waals surface area contributed by atoms with Crippen LogP contribution >= 0.6 is 0 Å². The Hall–Kier alpha value is -1.85. The fourth-order valence-corrected chi connectivity index (χ4v) is 2.98. The van der Waals surface area contributed by atoms with E-state index in [0.717, 1.165) is 23.3 Å². The zero-order valence-corrected chi connectivity index (χ0v) is 13.7. The van der Waals surface area contributed by atoms with Gasteiger partial charge in [-0.15, -0.1) is 0 Å². The molecule has 0 aromatic heterocycles. The van der Waals surface area contributed by atoms with Crippen LogP contribution in [-0.4, -0.2) is 21.6 Å². The fraction of sp³-hybridized carbons (Fsp3) is 0.294. The Morgan fingerprint density at radius 2 is 1.64 bits per heavy atom. The van der Waals surface area contributed by atoms with E-state index in [0.29, 0.717) is 0 Å². The van der Waals surface area contributed by atoms with Gasteiger partial charge in [-0.05, 0) is 43.2 Å². The van der Waals surface area contributed by atoms with Crippen LogP contribution in [0.5, 0.6) is 5.75 Å². The summed E-state index contributed by atoms with van der Waals surface area (Å²) in [5, 5.41) is 0. The van der Waals surface area contributed by atoms with Crippen molar-refractivity contribution < 1.29 is 13.2 Å². The van der Waals surface area contributed by atoms with Gasteiger partial charge in [0.2, 0.25) is 10.0 Å². The number of ether oxygens (including phenoxy) is 1. The number of sulfonamides is 1. The van der Waals surface area contributed by atoms with Crippen molar-refractivity contribution in [1.29, 1.82) is 0 Å². The molecule has 22 heavy (non-hydrogen) atoms. The summed E-state index contributed by atoms with van der Waals surface area (Å²) in [6.45, 7) is 4.55. The van der Waals surface area contributed by atoms with E-state index < -0.39 is 10.0 Å². The molecule has 0 heterocycles. The van der Waals surface area contributed by atoms with E-state index in [9.17, 15) is 8.42 Å². The predicted molar refractivity (Wildman–Crippen MR) is 87.7 cm³/mol. The van der Waals surface area contributed by atoms with E-state index in [-0.39, 0.29) is 18.0 Å². The monoisotopic (exact) mass is 319 g/mol. The quantitative estimate of drug-likeness (QED) is 0.798. The summed E-state index contributed by atoms with van der Waals surface area (Å²) in [7, 11) is -3.48. The average molecular weight is 319 g/mol. The molecule has 0 radical (unpaired) electrons. The summed E-state index contributed by atoms with van der Waals surface area (Å²) in [6, 6.07) is 14.6. The van der Waals surface area contributed by atoms with Crippen LogP contribution in [0.25, 0.3) is 0 Å². The third kappa shape index (κ3) is 4.58. The molecule has 0 aliphatic rings. The highest BCUT2D eigenvalue weighted by Gasteiger charge is 2.12. The molecule has 0 fully saturated rings. The van der Waals surface area contributed by atoms with Gasteiger partial charge in [-0.25, -0.2) is 13.1 Å². The smallest absolute Gasteiger partial charge is 0.240 e. The van der Waals surface area contributed by atoms with Crippen LogP contribution in [0, 0.1) is 6.92 Å². The third-order valence-electron chi connectivity index (χ3n) is 3.33. The lowest BCUT2D eigenvalue weighted by Gasteiger charge is -2.09. The first-order chi connectivity index (χ1) is 10.5. The first-order valence-electron chi connectivity index (χ1n) is 7.29. The van der Waals surface area contributed by atoms with Crippen molar-refractivity contribution in [2.24, 2.45) is 0 Å². The zero-order valence-electron chi connectivity index (χ0n) is 12.9. The van der Waals surface area contributed by atoms with E-state index in [1.807, 2.05) is 50.2 Å². The first-order valence-corrected chi connectivity index (χ1v) is 8.77. The second-order valence-corrected chi connectivity index (χ2v) is 6.82. The fourth-order valence-electron chi connectivity index (χ4n) is 1.97. The molecule has 4 nitrogen and oxygen atoms in total. The lowest BCUT2D eigenvalue weighted by Crippen LogP contribution is -2.28. The highest BCUT2D eigenvalue weighted by atomic mass is 32.2. The van der Waals surface area contributed by atoms with Crippen LogP contribution in [-0.2, 0) is 16.4 Å². The van der Waals surface area contributed by atoms with Gasteiger partial charge in [0.25, 0.3) is 0 Å². The summed E-state index contributed by atoms with van der Waals surface area (Å²) >= 11 is 0. The Kier molecular flexibility index (Phi) is 5.57. The molecular weight excluding hydrogens is 298 g/mol. The Bertz CT molecular complexity index is 692. The van der Waals surface area contributed by atoms with Crippen LogP contribution in [0.4, 0.5) is 0 Å². The molecule has 0 bridgehead atoms. The average Bonchev–Trinajstić information content (AvgIpc) is 2.53. The molecule has 118 valence electrons. The van der Waals surface area contributed by atoms with Crippen LogP contribution < -0.4 is 9.46 Å². The first kappa shape index (κ1) is 16.5. The van der Waals surface area contributed by atoms with Crippen molar-refractivity contribution in [2.45, 2.75) is 25.2 Å². The van der Waals surface area contributed by atoms with E-state index in [1.54, 1.807) is 12.1 Å². The van der Waals surface area contributed by atoms with E-state index >= 15 is 0 Å². The zero-order chi connectivity index (χ0) is 16.0. The molecular formula is C17H21NO3S. The van der Waals surface area contributed by atoms with Gasteiger partial charge in [0.05, 0.1) is 4.90 Å². The standard InChI is InChI=1S/C17H21NO3S/c1-3-15-6-10-17(11-7-15)22(19,20)18-12-13-21-16-8-4-14(2)5-9-16/h4-11,18H,3,12-13H2,1-2H3. The van der Waals surface area contributed by atoms with E-state index in [1.165, 1.54) is 0 Å². The largest absolute Gasteiger partial charge is 0.492 e. The molecule has 5 heteroatoms. The van der Waals surface area contributed by atoms with Crippen molar-refractivity contribution in [3.63, 3.8) is 0 Å². The van der Waals surface area contributed by atoms with Gasteiger partial charge >= 0.3 is 0 Å². The lowest BCUT2D eigenvalue weighted by molar-refractivity contribution is 0.323. The van der Waals surface area contributed by atoms with Crippen LogP contribution in [0.2, 0.25) is 0 Å². The van der Waals surface area contributed by atoms with Gasteiger partial charge in [0, 0.05) is 6.54 Å². The Morgan fingerprint density at radius 3 is 2.23 bits per heavy atom.